The van der Waals surface area contributed by atoms with Crippen LogP contribution in [0.25, 0.3) is 6.08 Å². The van der Waals surface area contributed by atoms with Gasteiger partial charge in [0.15, 0.2) is 5.76 Å². The normalized spacial score (nSPS) is 10.3. The number of aliphatic carboxylic acids is 1. The van der Waals surface area contributed by atoms with E-state index in [0.717, 1.165) is 18.9 Å². The first-order valence-corrected chi connectivity index (χ1v) is 6.22. The highest BCUT2D eigenvalue weighted by Crippen LogP contribution is 2.08. The molecule has 1 heterocycles. The maximum Gasteiger partial charge on any atom is 0.328 e. The molecule has 0 spiro atoms. The average molecular weight is 246 g/mol. The fraction of sp³-hybridized carbons (Fsp3) is 0.400. The second-order valence-corrected chi connectivity index (χ2v) is 3.99. The number of unbranched alkanes of at least 4 members (excludes halogenated alkanes) is 4. The van der Waals surface area contributed by atoms with E-state index in [9.17, 15) is 4.79 Å². The fourth-order valence-electron chi connectivity index (χ4n) is 1.45. The van der Waals surface area contributed by atoms with Gasteiger partial charge in [-0.15, -0.1) is 0 Å². The lowest BCUT2D eigenvalue weighted by molar-refractivity contribution is -0.131. The Labute approximate surface area is 108 Å². The molecule has 0 atom stereocenters. The zero-order valence-corrected chi connectivity index (χ0v) is 10.6. The molecule has 0 radical (unpaired) electrons. The minimum Gasteiger partial charge on any atom is -0.478 e. The van der Waals surface area contributed by atoms with Gasteiger partial charge in [-0.1, -0.05) is 32.1 Å². The zero-order valence-electron chi connectivity index (χ0n) is 10.6. The molecule has 0 aromatic carbocycles. The van der Waals surface area contributed by atoms with E-state index in [1.807, 2.05) is 0 Å². The van der Waals surface area contributed by atoms with Gasteiger partial charge in [0, 0.05) is 12.5 Å². The number of rotatable bonds is 6. The van der Waals surface area contributed by atoms with Crippen molar-refractivity contribution in [2.24, 2.45) is 0 Å². The van der Waals surface area contributed by atoms with E-state index in [0.29, 0.717) is 11.5 Å². The molecule has 18 heavy (non-hydrogen) atoms. The monoisotopic (exact) mass is 246 g/mol. The zero-order chi connectivity index (χ0) is 13.2. The van der Waals surface area contributed by atoms with Gasteiger partial charge in [0.05, 0.1) is 0 Å². The summed E-state index contributed by atoms with van der Waals surface area (Å²) in [6.45, 7) is 2.18. The number of carbonyl (C=O) groups is 1. The van der Waals surface area contributed by atoms with Crippen LogP contribution in [0.2, 0.25) is 0 Å². The smallest absolute Gasteiger partial charge is 0.328 e. The summed E-state index contributed by atoms with van der Waals surface area (Å²) in [6.07, 6.45) is 8.15. The molecule has 3 nitrogen and oxygen atoms in total. The van der Waals surface area contributed by atoms with Crippen LogP contribution >= 0.6 is 0 Å². The van der Waals surface area contributed by atoms with Crippen LogP contribution in [0, 0.1) is 11.8 Å². The first-order valence-electron chi connectivity index (χ1n) is 6.22. The molecular weight excluding hydrogens is 228 g/mol. The van der Waals surface area contributed by atoms with Crippen LogP contribution < -0.4 is 0 Å². The Bertz CT molecular complexity index is 458. The van der Waals surface area contributed by atoms with Crippen LogP contribution in [0.5, 0.6) is 0 Å². The highest BCUT2D eigenvalue weighted by atomic mass is 16.4. The number of carboxylic acid groups (broad SMARTS) is 1. The average Bonchev–Trinajstić information content (AvgIpc) is 2.79. The van der Waals surface area contributed by atoms with Gasteiger partial charge in [0.1, 0.15) is 5.76 Å². The van der Waals surface area contributed by atoms with Crippen molar-refractivity contribution in [1.29, 1.82) is 0 Å². The largest absolute Gasteiger partial charge is 0.478 e. The van der Waals surface area contributed by atoms with Gasteiger partial charge >= 0.3 is 5.97 Å². The number of carboxylic acids is 1. The topological polar surface area (TPSA) is 50.4 Å². The van der Waals surface area contributed by atoms with E-state index in [-0.39, 0.29) is 0 Å². The van der Waals surface area contributed by atoms with Crippen molar-refractivity contribution in [3.63, 3.8) is 0 Å². The van der Waals surface area contributed by atoms with Crippen LogP contribution in [-0.4, -0.2) is 11.1 Å². The van der Waals surface area contributed by atoms with E-state index >= 15 is 0 Å². The Morgan fingerprint density at radius 1 is 1.39 bits per heavy atom. The molecule has 0 fully saturated rings. The van der Waals surface area contributed by atoms with Crippen molar-refractivity contribution >= 4 is 12.0 Å². The van der Waals surface area contributed by atoms with Gasteiger partial charge in [-0.25, -0.2) is 4.79 Å². The van der Waals surface area contributed by atoms with Crippen molar-refractivity contribution in [3.8, 4) is 11.8 Å². The second kappa shape index (κ2) is 8.19. The third-order valence-electron chi connectivity index (χ3n) is 2.38. The molecule has 0 aliphatic carbocycles. The van der Waals surface area contributed by atoms with Crippen LogP contribution in [-0.2, 0) is 4.79 Å². The van der Waals surface area contributed by atoms with E-state index in [4.69, 9.17) is 9.52 Å². The van der Waals surface area contributed by atoms with Crippen LogP contribution in [0.15, 0.2) is 22.6 Å². The van der Waals surface area contributed by atoms with Gasteiger partial charge < -0.3 is 9.52 Å². The van der Waals surface area contributed by atoms with Crippen molar-refractivity contribution in [3.05, 3.63) is 29.7 Å². The Kier molecular flexibility index (Phi) is 6.42. The molecule has 0 bridgehead atoms. The summed E-state index contributed by atoms with van der Waals surface area (Å²) in [7, 11) is 0. The maximum absolute atomic E-state index is 10.3. The second-order valence-electron chi connectivity index (χ2n) is 3.99. The van der Waals surface area contributed by atoms with Gasteiger partial charge in [0.25, 0.3) is 0 Å². The number of hydrogen-bond acceptors (Lipinski definition) is 2. The quantitative estimate of drug-likeness (QED) is 0.473. The lowest BCUT2D eigenvalue weighted by Crippen LogP contribution is -1.84. The van der Waals surface area contributed by atoms with Gasteiger partial charge in [-0.05, 0) is 30.6 Å². The highest BCUT2D eigenvalue weighted by Gasteiger charge is 1.96. The minimum atomic E-state index is -0.991. The molecule has 0 saturated carbocycles. The van der Waals surface area contributed by atoms with Gasteiger partial charge in [-0.3, -0.25) is 0 Å². The summed E-state index contributed by atoms with van der Waals surface area (Å²) in [4.78, 5) is 10.3. The Hall–Kier alpha value is -1.95. The molecular formula is C15H18O3. The molecule has 0 unspecified atom stereocenters. The van der Waals surface area contributed by atoms with E-state index in [2.05, 4.69) is 18.8 Å². The molecule has 3 heteroatoms. The molecule has 0 amide bonds. The standard InChI is InChI=1S/C15H18O3/c1-2-3-4-5-6-7-8-13-9-10-14(18-13)11-12-15(16)17/h9-12H,2-6H2,1H3,(H,16,17)/b12-11+. The third-order valence-corrected chi connectivity index (χ3v) is 2.38. The Balaban J connectivity index is 2.39. The number of furan rings is 1. The van der Waals surface area contributed by atoms with Crippen molar-refractivity contribution < 1.29 is 14.3 Å². The van der Waals surface area contributed by atoms with Crippen LogP contribution in [0.1, 0.15) is 50.5 Å². The summed E-state index contributed by atoms with van der Waals surface area (Å²) in [5, 5.41) is 8.47. The first-order chi connectivity index (χ1) is 8.72. The number of hydrogen-bond donors (Lipinski definition) is 1. The molecule has 1 rings (SSSR count). The van der Waals surface area contributed by atoms with E-state index in [1.54, 1.807) is 12.1 Å². The van der Waals surface area contributed by atoms with Crippen LogP contribution in [0.3, 0.4) is 0 Å². The Morgan fingerprint density at radius 3 is 2.94 bits per heavy atom. The minimum absolute atomic E-state index is 0.507. The lowest BCUT2D eigenvalue weighted by Gasteiger charge is -1.91. The molecule has 1 aromatic rings. The summed E-state index contributed by atoms with van der Waals surface area (Å²) in [5.41, 5.74) is 0. The molecule has 1 aromatic heterocycles. The summed E-state index contributed by atoms with van der Waals surface area (Å²) < 4.78 is 5.34. The molecule has 0 aliphatic rings. The predicted octanol–water partition coefficient (Wildman–Crippen LogP) is 3.70. The van der Waals surface area contributed by atoms with E-state index in [1.165, 1.54) is 25.3 Å². The summed E-state index contributed by atoms with van der Waals surface area (Å²) >= 11 is 0. The fourth-order valence-corrected chi connectivity index (χ4v) is 1.45. The Morgan fingerprint density at radius 2 is 2.22 bits per heavy atom. The maximum atomic E-state index is 10.3. The van der Waals surface area contributed by atoms with E-state index < -0.39 is 5.97 Å². The first kappa shape index (κ1) is 14.1. The van der Waals surface area contributed by atoms with Crippen molar-refractivity contribution in [2.45, 2.75) is 39.0 Å². The van der Waals surface area contributed by atoms with Crippen molar-refractivity contribution in [1.82, 2.24) is 0 Å². The molecule has 96 valence electrons. The van der Waals surface area contributed by atoms with Gasteiger partial charge in [0.2, 0.25) is 0 Å². The van der Waals surface area contributed by atoms with Gasteiger partial charge in [-0.2, -0.15) is 0 Å². The SMILES string of the molecule is CCCCCCC#Cc1ccc(/C=C/C(=O)O)o1. The van der Waals surface area contributed by atoms with Crippen molar-refractivity contribution in [2.75, 3.05) is 0 Å². The predicted molar refractivity (Wildman–Crippen MR) is 71.0 cm³/mol. The molecule has 0 aliphatic heterocycles. The highest BCUT2D eigenvalue weighted by molar-refractivity contribution is 5.84. The third kappa shape index (κ3) is 5.95. The lowest BCUT2D eigenvalue weighted by atomic mass is 10.1. The molecule has 0 saturated heterocycles. The summed E-state index contributed by atoms with van der Waals surface area (Å²) in [5.74, 6) is 6.08. The summed E-state index contributed by atoms with van der Waals surface area (Å²) in [6, 6.07) is 3.46. The molecule has 1 N–H and O–H groups in total. The van der Waals surface area contributed by atoms with Crippen LogP contribution in [0.4, 0.5) is 0 Å².